The van der Waals surface area contributed by atoms with Crippen molar-refractivity contribution in [3.63, 3.8) is 0 Å². The molecule has 1 aromatic carbocycles. The number of hydrogen-bond acceptors (Lipinski definition) is 4. The van der Waals surface area contributed by atoms with Gasteiger partial charge in [-0.2, -0.15) is 0 Å². The van der Waals surface area contributed by atoms with Gasteiger partial charge in [-0.25, -0.2) is 13.8 Å². The molecule has 1 heterocycles. The number of pyridine rings is 1. The van der Waals surface area contributed by atoms with E-state index in [-0.39, 0.29) is 10.7 Å². The molecule has 7 heteroatoms. The monoisotopic (exact) mass is 295 g/mol. The van der Waals surface area contributed by atoms with Crippen molar-refractivity contribution in [2.24, 2.45) is 10.9 Å². The lowest BCUT2D eigenvalue weighted by molar-refractivity contribution is 0.318. The Morgan fingerprint density at radius 3 is 2.75 bits per heavy atom. The van der Waals surface area contributed by atoms with Crippen molar-refractivity contribution in [2.45, 2.75) is 16.8 Å². The van der Waals surface area contributed by atoms with Crippen LogP contribution in [-0.4, -0.2) is 16.0 Å². The van der Waals surface area contributed by atoms with E-state index in [0.29, 0.717) is 16.3 Å². The standard InChI is InChI=1S/C13H11F2N3OS/c1-7-2-4-9(12(16)18-19)13(17-7)20-11-6-8(14)3-5-10(11)15/h2-6,19H,1H3,(H2,16,18). The summed E-state index contributed by atoms with van der Waals surface area (Å²) in [5.41, 5.74) is 6.58. The van der Waals surface area contributed by atoms with Crippen LogP contribution < -0.4 is 5.73 Å². The molecule has 0 aliphatic carbocycles. The van der Waals surface area contributed by atoms with Crippen LogP contribution in [0.25, 0.3) is 0 Å². The van der Waals surface area contributed by atoms with Gasteiger partial charge >= 0.3 is 0 Å². The average molecular weight is 295 g/mol. The third kappa shape index (κ3) is 3.05. The zero-order valence-electron chi connectivity index (χ0n) is 10.5. The largest absolute Gasteiger partial charge is 0.409 e. The van der Waals surface area contributed by atoms with Crippen LogP contribution in [0.3, 0.4) is 0 Å². The van der Waals surface area contributed by atoms with Gasteiger partial charge in [0.05, 0.1) is 10.5 Å². The predicted octanol–water partition coefficient (Wildman–Crippen LogP) is 2.91. The summed E-state index contributed by atoms with van der Waals surface area (Å²) in [6.07, 6.45) is 0. The Bertz CT molecular complexity index is 677. The van der Waals surface area contributed by atoms with E-state index in [2.05, 4.69) is 10.1 Å². The molecule has 0 aliphatic heterocycles. The number of aryl methyl sites for hydroxylation is 1. The van der Waals surface area contributed by atoms with E-state index in [4.69, 9.17) is 10.9 Å². The fourth-order valence-electron chi connectivity index (χ4n) is 1.52. The van der Waals surface area contributed by atoms with Crippen LogP contribution >= 0.6 is 11.8 Å². The van der Waals surface area contributed by atoms with Crippen molar-refractivity contribution >= 4 is 17.6 Å². The van der Waals surface area contributed by atoms with Crippen molar-refractivity contribution in [1.29, 1.82) is 0 Å². The van der Waals surface area contributed by atoms with Crippen LogP contribution in [0.4, 0.5) is 8.78 Å². The Morgan fingerprint density at radius 1 is 1.30 bits per heavy atom. The fraction of sp³-hybridized carbons (Fsp3) is 0.0769. The van der Waals surface area contributed by atoms with Crippen LogP contribution in [0.15, 0.2) is 45.4 Å². The van der Waals surface area contributed by atoms with E-state index in [9.17, 15) is 8.78 Å². The van der Waals surface area contributed by atoms with Crippen molar-refractivity contribution in [3.8, 4) is 0 Å². The molecular weight excluding hydrogens is 284 g/mol. The molecule has 0 saturated heterocycles. The Labute approximate surface area is 118 Å². The van der Waals surface area contributed by atoms with Gasteiger partial charge in [0, 0.05) is 5.69 Å². The number of nitrogens with zero attached hydrogens (tertiary/aromatic N) is 2. The highest BCUT2D eigenvalue weighted by atomic mass is 32.2. The minimum Gasteiger partial charge on any atom is -0.409 e. The predicted molar refractivity (Wildman–Crippen MR) is 72.0 cm³/mol. The van der Waals surface area contributed by atoms with E-state index in [1.807, 2.05) is 0 Å². The maximum absolute atomic E-state index is 13.6. The summed E-state index contributed by atoms with van der Waals surface area (Å²) in [6, 6.07) is 6.43. The molecule has 2 rings (SSSR count). The molecule has 4 nitrogen and oxygen atoms in total. The molecule has 0 unspecified atom stereocenters. The summed E-state index contributed by atoms with van der Waals surface area (Å²) in [4.78, 5) is 4.29. The highest BCUT2D eigenvalue weighted by Crippen LogP contribution is 2.31. The zero-order chi connectivity index (χ0) is 14.7. The van der Waals surface area contributed by atoms with E-state index < -0.39 is 11.6 Å². The first-order valence-corrected chi connectivity index (χ1v) is 6.41. The van der Waals surface area contributed by atoms with Crippen LogP contribution in [-0.2, 0) is 0 Å². The quantitative estimate of drug-likeness (QED) is 0.395. The number of benzene rings is 1. The Hall–Kier alpha value is -2.15. The van der Waals surface area contributed by atoms with Gasteiger partial charge in [0.2, 0.25) is 0 Å². The van der Waals surface area contributed by atoms with Gasteiger partial charge in [-0.05, 0) is 37.3 Å². The number of halogens is 2. The number of aromatic nitrogens is 1. The summed E-state index contributed by atoms with van der Waals surface area (Å²) in [5.74, 6) is -1.26. The molecule has 0 atom stereocenters. The van der Waals surface area contributed by atoms with Crippen LogP contribution in [0.1, 0.15) is 11.3 Å². The summed E-state index contributed by atoms with van der Waals surface area (Å²) in [5, 5.41) is 12.0. The van der Waals surface area contributed by atoms with Gasteiger partial charge in [-0.15, -0.1) is 0 Å². The topological polar surface area (TPSA) is 71.5 Å². The maximum Gasteiger partial charge on any atom is 0.172 e. The van der Waals surface area contributed by atoms with Crippen molar-refractivity contribution in [1.82, 2.24) is 4.98 Å². The second-order valence-corrected chi connectivity index (χ2v) is 5.00. The normalized spacial score (nSPS) is 11.7. The van der Waals surface area contributed by atoms with E-state index in [0.717, 1.165) is 30.0 Å². The molecule has 0 bridgehead atoms. The fourth-order valence-corrected chi connectivity index (χ4v) is 2.54. The average Bonchev–Trinajstić information content (AvgIpc) is 2.42. The van der Waals surface area contributed by atoms with Gasteiger partial charge in [-0.1, -0.05) is 16.9 Å². The Balaban J connectivity index is 2.47. The molecule has 0 spiro atoms. The summed E-state index contributed by atoms with van der Waals surface area (Å²) in [6.45, 7) is 1.75. The molecule has 2 aromatic rings. The first-order valence-electron chi connectivity index (χ1n) is 5.59. The van der Waals surface area contributed by atoms with Gasteiger partial charge in [0.25, 0.3) is 0 Å². The van der Waals surface area contributed by atoms with E-state index in [1.54, 1.807) is 19.1 Å². The number of amidine groups is 1. The Morgan fingerprint density at radius 2 is 2.05 bits per heavy atom. The first-order chi connectivity index (χ1) is 9.51. The van der Waals surface area contributed by atoms with Crippen molar-refractivity contribution in [2.75, 3.05) is 0 Å². The van der Waals surface area contributed by atoms with E-state index >= 15 is 0 Å². The zero-order valence-corrected chi connectivity index (χ0v) is 11.3. The minimum atomic E-state index is -0.565. The summed E-state index contributed by atoms with van der Waals surface area (Å²) in [7, 11) is 0. The van der Waals surface area contributed by atoms with Crippen molar-refractivity contribution in [3.05, 3.63) is 53.2 Å². The van der Waals surface area contributed by atoms with Crippen LogP contribution in [0.2, 0.25) is 0 Å². The van der Waals surface area contributed by atoms with Crippen LogP contribution in [0.5, 0.6) is 0 Å². The molecule has 3 N–H and O–H groups in total. The first kappa shape index (κ1) is 14.3. The number of rotatable bonds is 3. The molecular formula is C13H11F2N3OS. The lowest BCUT2D eigenvalue weighted by atomic mass is 10.2. The minimum absolute atomic E-state index is 0.0788. The molecule has 104 valence electrons. The van der Waals surface area contributed by atoms with Gasteiger partial charge in [-0.3, -0.25) is 0 Å². The lowest BCUT2D eigenvalue weighted by Gasteiger charge is -2.08. The van der Waals surface area contributed by atoms with Crippen LogP contribution in [0, 0.1) is 18.6 Å². The number of hydrogen-bond donors (Lipinski definition) is 2. The van der Waals surface area contributed by atoms with Crippen molar-refractivity contribution < 1.29 is 14.0 Å². The van der Waals surface area contributed by atoms with Gasteiger partial charge in [0.1, 0.15) is 16.7 Å². The molecule has 0 aliphatic rings. The SMILES string of the molecule is Cc1ccc(C(N)=NO)c(Sc2cc(F)ccc2F)n1. The Kier molecular flexibility index (Phi) is 4.19. The van der Waals surface area contributed by atoms with Gasteiger partial charge in [0.15, 0.2) is 5.84 Å². The second kappa shape index (κ2) is 5.87. The second-order valence-electron chi connectivity index (χ2n) is 3.97. The number of oxime groups is 1. The molecule has 0 radical (unpaired) electrons. The molecule has 20 heavy (non-hydrogen) atoms. The molecule has 0 fully saturated rings. The molecule has 0 saturated carbocycles. The molecule has 0 amide bonds. The van der Waals surface area contributed by atoms with E-state index in [1.165, 1.54) is 0 Å². The third-order valence-electron chi connectivity index (χ3n) is 2.48. The third-order valence-corrected chi connectivity index (χ3v) is 3.52. The van der Waals surface area contributed by atoms with Gasteiger partial charge < -0.3 is 10.9 Å². The summed E-state index contributed by atoms with van der Waals surface area (Å²) < 4.78 is 26.8. The highest BCUT2D eigenvalue weighted by molar-refractivity contribution is 7.99. The highest BCUT2D eigenvalue weighted by Gasteiger charge is 2.13. The lowest BCUT2D eigenvalue weighted by Crippen LogP contribution is -2.15. The molecule has 1 aromatic heterocycles. The summed E-state index contributed by atoms with van der Waals surface area (Å²) >= 11 is 0.915. The maximum atomic E-state index is 13.6. The number of nitrogens with two attached hydrogens (primary N) is 1. The smallest absolute Gasteiger partial charge is 0.172 e.